The number of aryl methyl sites for hydroxylation is 3. The molecule has 0 bridgehead atoms. The topological polar surface area (TPSA) is 58.9 Å². The SMILES string of the molecule is CCCCCc1cc(O)c(CC[C@@H](C)CCCC(C)C)c(OCCOc2cc(CCCCC)cc(O)c2-c2cc(C)ccc2C(C)C)c1. The number of ether oxygens (including phenoxy) is 2. The molecular formula is C44H66O4. The molecule has 0 aliphatic rings. The van der Waals surface area contributed by atoms with Crippen LogP contribution >= 0.6 is 0 Å². The van der Waals surface area contributed by atoms with Gasteiger partial charge >= 0.3 is 0 Å². The van der Waals surface area contributed by atoms with Crippen LogP contribution in [0.25, 0.3) is 11.1 Å². The number of aromatic hydroxyl groups is 2. The predicted molar refractivity (Wildman–Crippen MR) is 204 cm³/mol. The zero-order valence-corrected chi connectivity index (χ0v) is 31.6. The van der Waals surface area contributed by atoms with Crippen LogP contribution in [0.2, 0.25) is 0 Å². The molecule has 0 radical (unpaired) electrons. The normalized spacial score (nSPS) is 12.2. The molecule has 3 aromatic carbocycles. The van der Waals surface area contributed by atoms with Crippen LogP contribution in [-0.2, 0) is 19.3 Å². The second-order valence-corrected chi connectivity index (χ2v) is 14.9. The van der Waals surface area contributed by atoms with Gasteiger partial charge in [-0.1, -0.05) is 117 Å². The molecule has 48 heavy (non-hydrogen) atoms. The van der Waals surface area contributed by atoms with Crippen LogP contribution in [0.4, 0.5) is 0 Å². The van der Waals surface area contributed by atoms with Gasteiger partial charge in [0.1, 0.15) is 36.2 Å². The molecule has 0 saturated heterocycles. The molecule has 3 aromatic rings. The van der Waals surface area contributed by atoms with E-state index < -0.39 is 0 Å². The van der Waals surface area contributed by atoms with Gasteiger partial charge in [0.15, 0.2) is 0 Å². The van der Waals surface area contributed by atoms with Crippen molar-refractivity contribution in [2.75, 3.05) is 13.2 Å². The summed E-state index contributed by atoms with van der Waals surface area (Å²) in [5.74, 6) is 3.72. The molecule has 2 N–H and O–H groups in total. The third-order valence-electron chi connectivity index (χ3n) is 9.59. The Bertz CT molecular complexity index is 1390. The molecule has 0 saturated carbocycles. The Morgan fingerprint density at radius 2 is 1.23 bits per heavy atom. The molecule has 3 rings (SSSR count). The number of phenolic OH excluding ortho intramolecular Hbond substituents is 2. The Morgan fingerprint density at radius 3 is 1.83 bits per heavy atom. The third kappa shape index (κ3) is 12.4. The van der Waals surface area contributed by atoms with Crippen LogP contribution in [0.15, 0.2) is 42.5 Å². The Morgan fingerprint density at radius 1 is 0.625 bits per heavy atom. The minimum Gasteiger partial charge on any atom is -0.508 e. The number of rotatable bonds is 22. The first-order valence-electron chi connectivity index (χ1n) is 19.1. The van der Waals surface area contributed by atoms with E-state index in [4.69, 9.17) is 9.47 Å². The fourth-order valence-electron chi connectivity index (χ4n) is 6.66. The summed E-state index contributed by atoms with van der Waals surface area (Å²) in [5, 5.41) is 22.6. The molecule has 1 atom stereocenters. The Kier molecular flexibility index (Phi) is 16.7. The van der Waals surface area contributed by atoms with Crippen LogP contribution < -0.4 is 9.47 Å². The average Bonchev–Trinajstić information content (AvgIpc) is 3.02. The lowest BCUT2D eigenvalue weighted by atomic mass is 9.89. The van der Waals surface area contributed by atoms with Crippen LogP contribution in [-0.4, -0.2) is 23.4 Å². The monoisotopic (exact) mass is 658 g/mol. The summed E-state index contributed by atoms with van der Waals surface area (Å²) in [5.41, 5.74) is 7.23. The van der Waals surface area contributed by atoms with Crippen molar-refractivity contribution in [3.05, 3.63) is 70.3 Å². The maximum atomic E-state index is 11.4. The summed E-state index contributed by atoms with van der Waals surface area (Å²) in [4.78, 5) is 0. The van der Waals surface area contributed by atoms with Gasteiger partial charge in [-0.15, -0.1) is 0 Å². The first kappa shape index (κ1) is 39.3. The van der Waals surface area contributed by atoms with Gasteiger partial charge in [0.05, 0.1) is 5.56 Å². The summed E-state index contributed by atoms with van der Waals surface area (Å²) in [6.07, 6.45) is 14.2. The van der Waals surface area contributed by atoms with Gasteiger partial charge < -0.3 is 19.7 Å². The van der Waals surface area contributed by atoms with Crippen LogP contribution in [0.1, 0.15) is 146 Å². The number of hydrogen-bond acceptors (Lipinski definition) is 4. The van der Waals surface area contributed by atoms with Crippen LogP contribution in [0.5, 0.6) is 23.0 Å². The van der Waals surface area contributed by atoms with Crippen molar-refractivity contribution in [1.29, 1.82) is 0 Å². The minimum absolute atomic E-state index is 0.266. The zero-order chi connectivity index (χ0) is 35.1. The van der Waals surface area contributed by atoms with E-state index in [9.17, 15) is 10.2 Å². The molecule has 0 unspecified atom stereocenters. The van der Waals surface area contributed by atoms with Gasteiger partial charge in [-0.05, 0) is 110 Å². The Labute approximate surface area is 293 Å². The highest BCUT2D eigenvalue weighted by Gasteiger charge is 2.20. The smallest absolute Gasteiger partial charge is 0.131 e. The lowest BCUT2D eigenvalue weighted by molar-refractivity contribution is 0.215. The first-order valence-corrected chi connectivity index (χ1v) is 19.1. The quantitative estimate of drug-likeness (QED) is 0.105. The van der Waals surface area contributed by atoms with E-state index in [1.165, 1.54) is 31.2 Å². The van der Waals surface area contributed by atoms with Crippen LogP contribution in [0.3, 0.4) is 0 Å². The highest BCUT2D eigenvalue weighted by molar-refractivity contribution is 5.80. The van der Waals surface area contributed by atoms with Crippen molar-refractivity contribution in [1.82, 2.24) is 0 Å². The lowest BCUT2D eigenvalue weighted by Gasteiger charge is -2.20. The molecule has 4 nitrogen and oxygen atoms in total. The van der Waals surface area contributed by atoms with E-state index in [1.807, 2.05) is 12.1 Å². The molecule has 0 aliphatic carbocycles. The standard InChI is InChI=1S/C44H66O4/c1-9-11-13-18-35-27-40(45)38(23-20-33(7)17-15-16-31(3)4)42(29-35)47-24-25-48-43-30-36(19-14-12-10-2)28-41(46)44(43)39-26-34(8)21-22-37(39)32(5)6/h21-22,26-33,45-46H,9-20,23-25H2,1-8H3/t33-/m0/s1. The van der Waals surface area contributed by atoms with Gasteiger partial charge in [0.25, 0.3) is 0 Å². The summed E-state index contributed by atoms with van der Waals surface area (Å²) < 4.78 is 13.0. The van der Waals surface area contributed by atoms with Crippen molar-refractivity contribution in [2.45, 2.75) is 145 Å². The van der Waals surface area contributed by atoms with Crippen molar-refractivity contribution in [3.8, 4) is 34.1 Å². The molecule has 4 heteroatoms. The van der Waals surface area contributed by atoms with Crippen LogP contribution in [0, 0.1) is 18.8 Å². The zero-order valence-electron chi connectivity index (χ0n) is 31.6. The highest BCUT2D eigenvalue weighted by atomic mass is 16.5. The molecular weight excluding hydrogens is 592 g/mol. The number of hydrogen-bond donors (Lipinski definition) is 2. The lowest BCUT2D eigenvalue weighted by Crippen LogP contribution is -2.12. The number of unbranched alkanes of at least 4 members (excludes halogenated alkanes) is 4. The van der Waals surface area contributed by atoms with E-state index in [0.29, 0.717) is 36.5 Å². The van der Waals surface area contributed by atoms with Gasteiger partial charge in [0, 0.05) is 5.56 Å². The third-order valence-corrected chi connectivity index (χ3v) is 9.59. The van der Waals surface area contributed by atoms with E-state index >= 15 is 0 Å². The van der Waals surface area contributed by atoms with Gasteiger partial charge in [-0.2, -0.15) is 0 Å². The molecule has 0 aromatic heterocycles. The van der Waals surface area contributed by atoms with E-state index in [1.54, 1.807) is 0 Å². The van der Waals surface area contributed by atoms with Crippen molar-refractivity contribution in [3.63, 3.8) is 0 Å². The summed E-state index contributed by atoms with van der Waals surface area (Å²) >= 11 is 0. The Hall–Kier alpha value is -3.14. The number of benzene rings is 3. The average molecular weight is 659 g/mol. The maximum Gasteiger partial charge on any atom is 0.131 e. The summed E-state index contributed by atoms with van der Waals surface area (Å²) in [6.45, 7) is 18.5. The fourth-order valence-corrected chi connectivity index (χ4v) is 6.66. The summed E-state index contributed by atoms with van der Waals surface area (Å²) in [7, 11) is 0. The number of phenols is 2. The van der Waals surface area contributed by atoms with Gasteiger partial charge in [-0.25, -0.2) is 0 Å². The largest absolute Gasteiger partial charge is 0.508 e. The van der Waals surface area contributed by atoms with Gasteiger partial charge in [-0.3, -0.25) is 0 Å². The van der Waals surface area contributed by atoms with Crippen molar-refractivity contribution >= 4 is 0 Å². The minimum atomic E-state index is 0.266. The van der Waals surface area contributed by atoms with Crippen molar-refractivity contribution in [2.24, 2.45) is 11.8 Å². The second-order valence-electron chi connectivity index (χ2n) is 14.9. The fraction of sp³-hybridized carbons (Fsp3) is 0.591. The molecule has 0 fully saturated rings. The highest BCUT2D eigenvalue weighted by Crippen LogP contribution is 2.43. The van der Waals surface area contributed by atoms with Gasteiger partial charge in [0.2, 0.25) is 0 Å². The van der Waals surface area contributed by atoms with E-state index in [2.05, 4.69) is 85.7 Å². The summed E-state index contributed by atoms with van der Waals surface area (Å²) in [6, 6.07) is 14.6. The molecule has 0 amide bonds. The Balaban J connectivity index is 1.84. The van der Waals surface area contributed by atoms with E-state index in [-0.39, 0.29) is 5.75 Å². The molecule has 0 heterocycles. The van der Waals surface area contributed by atoms with E-state index in [0.717, 1.165) is 103 Å². The first-order chi connectivity index (χ1) is 23.0. The predicted octanol–water partition coefficient (Wildman–Crippen LogP) is 12.5. The molecule has 0 spiro atoms. The van der Waals surface area contributed by atoms with Crippen molar-refractivity contribution < 1.29 is 19.7 Å². The second kappa shape index (κ2) is 20.4. The maximum absolute atomic E-state index is 11.4. The molecule has 0 aliphatic heterocycles. The molecule has 266 valence electrons.